The standard InChI is InChI=1S/C29H40N2O6S2/c1-8-31-39(34,35)37-24-16-22(28(5,6)7)25(15-19(24)4)38-26-23(32)17-29(18(2)3,36-27(26)33)14-13-20-9-11-21(30)12-10-20/h9-12,15-16,18,31-32H,8,13-14,17,30H2,1-7H3. The van der Waals surface area contributed by atoms with E-state index >= 15 is 0 Å². The van der Waals surface area contributed by atoms with Gasteiger partial charge >= 0.3 is 16.3 Å². The number of thioether (sulfide) groups is 1. The minimum atomic E-state index is -3.96. The van der Waals surface area contributed by atoms with Gasteiger partial charge in [-0.15, -0.1) is 0 Å². The number of aliphatic hydroxyl groups excluding tert-OH is 1. The molecular weight excluding hydrogens is 536 g/mol. The Hall–Kier alpha value is -2.69. The molecular formula is C29H40N2O6S2. The number of ether oxygens (including phenoxy) is 1. The average Bonchev–Trinajstić information content (AvgIpc) is 2.81. The van der Waals surface area contributed by atoms with Crippen LogP contribution in [-0.2, 0) is 31.7 Å². The Morgan fingerprint density at radius 1 is 1.21 bits per heavy atom. The molecule has 10 heteroatoms. The molecule has 0 aliphatic carbocycles. The number of nitrogens with two attached hydrogens (primary N) is 1. The van der Waals surface area contributed by atoms with Gasteiger partial charge in [0.1, 0.15) is 22.0 Å². The van der Waals surface area contributed by atoms with Gasteiger partial charge in [0.25, 0.3) is 0 Å². The fraction of sp³-hybridized carbons (Fsp3) is 0.483. The van der Waals surface area contributed by atoms with Gasteiger partial charge in [-0.3, -0.25) is 0 Å². The largest absolute Gasteiger partial charge is 0.511 e. The third-order valence-electron chi connectivity index (χ3n) is 6.90. The van der Waals surface area contributed by atoms with Crippen molar-refractivity contribution in [1.82, 2.24) is 4.72 Å². The van der Waals surface area contributed by atoms with E-state index in [1.807, 2.05) is 58.9 Å². The number of hydrogen-bond donors (Lipinski definition) is 3. The van der Waals surface area contributed by atoms with Gasteiger partial charge in [-0.05, 0) is 72.1 Å². The zero-order valence-electron chi connectivity index (χ0n) is 23.8. The van der Waals surface area contributed by atoms with E-state index in [0.717, 1.165) is 22.9 Å². The maximum atomic E-state index is 13.4. The number of cyclic esters (lactones) is 1. The third-order valence-corrected chi connectivity index (χ3v) is 9.10. The Bertz CT molecular complexity index is 1350. The van der Waals surface area contributed by atoms with E-state index < -0.39 is 27.3 Å². The first-order valence-corrected chi connectivity index (χ1v) is 15.3. The van der Waals surface area contributed by atoms with Crippen LogP contribution in [0.4, 0.5) is 5.69 Å². The van der Waals surface area contributed by atoms with Crippen molar-refractivity contribution in [3.8, 4) is 5.75 Å². The molecule has 0 saturated heterocycles. The fourth-order valence-electron chi connectivity index (χ4n) is 4.50. The lowest BCUT2D eigenvalue weighted by molar-refractivity contribution is -0.164. The van der Waals surface area contributed by atoms with Crippen LogP contribution in [0.3, 0.4) is 0 Å². The highest BCUT2D eigenvalue weighted by molar-refractivity contribution is 8.04. The molecule has 3 rings (SSSR count). The molecule has 2 aromatic rings. The van der Waals surface area contributed by atoms with Gasteiger partial charge in [0.15, 0.2) is 0 Å². The molecule has 4 N–H and O–H groups in total. The lowest BCUT2D eigenvalue weighted by Crippen LogP contribution is -2.44. The van der Waals surface area contributed by atoms with Gasteiger partial charge in [-0.2, -0.15) is 13.1 Å². The Balaban J connectivity index is 1.93. The smallest absolute Gasteiger partial charge is 0.382 e. The molecule has 1 atom stereocenters. The van der Waals surface area contributed by atoms with Crippen LogP contribution in [0.5, 0.6) is 5.75 Å². The third kappa shape index (κ3) is 7.49. The molecule has 0 spiro atoms. The number of hydrogen-bond acceptors (Lipinski definition) is 8. The van der Waals surface area contributed by atoms with Crippen LogP contribution in [0, 0.1) is 12.8 Å². The van der Waals surface area contributed by atoms with E-state index in [1.54, 1.807) is 26.0 Å². The van der Waals surface area contributed by atoms with Crippen LogP contribution in [0.25, 0.3) is 0 Å². The zero-order chi connectivity index (χ0) is 29.2. The summed E-state index contributed by atoms with van der Waals surface area (Å²) >= 11 is 1.13. The Morgan fingerprint density at radius 3 is 2.38 bits per heavy atom. The van der Waals surface area contributed by atoms with Gasteiger partial charge in [-0.1, -0.05) is 65.4 Å². The van der Waals surface area contributed by atoms with Crippen LogP contribution in [0.1, 0.15) is 71.1 Å². The average molecular weight is 577 g/mol. The highest BCUT2D eigenvalue weighted by Crippen LogP contribution is 2.46. The number of esters is 1. The number of benzene rings is 2. The number of anilines is 1. The minimum absolute atomic E-state index is 0.00480. The van der Waals surface area contributed by atoms with Crippen molar-refractivity contribution in [2.45, 2.75) is 83.6 Å². The van der Waals surface area contributed by atoms with Crippen molar-refractivity contribution >= 4 is 33.7 Å². The Labute approximate surface area is 236 Å². The van der Waals surface area contributed by atoms with Crippen molar-refractivity contribution in [2.75, 3.05) is 12.3 Å². The van der Waals surface area contributed by atoms with E-state index in [1.165, 1.54) is 0 Å². The van der Waals surface area contributed by atoms with Gasteiger partial charge < -0.3 is 19.8 Å². The van der Waals surface area contributed by atoms with Gasteiger partial charge in [0.2, 0.25) is 0 Å². The van der Waals surface area contributed by atoms with Crippen LogP contribution in [0.15, 0.2) is 52.0 Å². The summed E-state index contributed by atoms with van der Waals surface area (Å²) in [5.41, 5.74) is 7.67. The summed E-state index contributed by atoms with van der Waals surface area (Å²) in [5.74, 6) is -0.389. The summed E-state index contributed by atoms with van der Waals surface area (Å²) in [6, 6.07) is 11.1. The van der Waals surface area contributed by atoms with E-state index in [4.69, 9.17) is 14.7 Å². The van der Waals surface area contributed by atoms with Gasteiger partial charge in [0.05, 0.1) is 0 Å². The quantitative estimate of drug-likeness (QED) is 0.234. The number of aryl methyl sites for hydroxylation is 2. The minimum Gasteiger partial charge on any atom is -0.511 e. The molecule has 39 heavy (non-hydrogen) atoms. The first-order valence-electron chi connectivity index (χ1n) is 13.1. The second-order valence-electron chi connectivity index (χ2n) is 11.3. The maximum Gasteiger partial charge on any atom is 0.382 e. The number of rotatable bonds is 10. The molecule has 0 aromatic heterocycles. The number of carbonyl (C=O) groups excluding carboxylic acids is 1. The summed E-state index contributed by atoms with van der Waals surface area (Å²) in [6.07, 6.45) is 1.44. The molecule has 1 aliphatic heterocycles. The first-order chi connectivity index (χ1) is 18.1. The molecule has 0 bridgehead atoms. The number of carbonyl (C=O) groups is 1. The molecule has 0 amide bonds. The molecule has 1 unspecified atom stereocenters. The highest BCUT2D eigenvalue weighted by atomic mass is 32.2. The van der Waals surface area contributed by atoms with E-state index in [-0.39, 0.29) is 35.3 Å². The summed E-state index contributed by atoms with van der Waals surface area (Å²) in [4.78, 5) is 14.2. The molecule has 0 radical (unpaired) electrons. The first kappa shape index (κ1) is 30.8. The van der Waals surface area contributed by atoms with Gasteiger partial charge in [0, 0.05) is 23.5 Å². The molecule has 214 valence electrons. The predicted octanol–water partition coefficient (Wildman–Crippen LogP) is 5.94. The van der Waals surface area contributed by atoms with Crippen molar-refractivity contribution in [3.05, 3.63) is 63.8 Å². The number of aliphatic hydroxyl groups is 1. The van der Waals surface area contributed by atoms with Crippen LogP contribution in [0.2, 0.25) is 0 Å². The van der Waals surface area contributed by atoms with Crippen molar-refractivity contribution < 1.29 is 27.2 Å². The SMILES string of the molecule is CCNS(=O)(=O)Oc1cc(C(C)(C)C)c(SC2=C(O)CC(CCc3ccc(N)cc3)(C(C)C)OC2=O)cc1C. The van der Waals surface area contributed by atoms with Crippen LogP contribution in [-0.4, -0.2) is 31.6 Å². The number of nitrogens with one attached hydrogen (secondary N) is 1. The summed E-state index contributed by atoms with van der Waals surface area (Å²) in [6.45, 7) is 13.5. The maximum absolute atomic E-state index is 13.4. The van der Waals surface area contributed by atoms with Crippen LogP contribution >= 0.6 is 11.8 Å². The van der Waals surface area contributed by atoms with Crippen molar-refractivity contribution in [1.29, 1.82) is 0 Å². The van der Waals surface area contributed by atoms with Crippen LogP contribution < -0.4 is 14.6 Å². The summed E-state index contributed by atoms with van der Waals surface area (Å²) in [5, 5.41) is 11.2. The number of nitrogen functional groups attached to an aromatic ring is 1. The Morgan fingerprint density at radius 2 is 1.85 bits per heavy atom. The molecule has 2 aromatic carbocycles. The molecule has 1 aliphatic rings. The zero-order valence-corrected chi connectivity index (χ0v) is 25.4. The normalized spacial score (nSPS) is 18.4. The monoisotopic (exact) mass is 576 g/mol. The van der Waals surface area contributed by atoms with Crippen molar-refractivity contribution in [2.24, 2.45) is 5.92 Å². The van der Waals surface area contributed by atoms with E-state index in [0.29, 0.717) is 29.0 Å². The summed E-state index contributed by atoms with van der Waals surface area (Å²) in [7, 11) is -3.96. The Kier molecular flexibility index (Phi) is 9.35. The predicted molar refractivity (Wildman–Crippen MR) is 156 cm³/mol. The molecule has 1 heterocycles. The lowest BCUT2D eigenvalue weighted by Gasteiger charge is -2.40. The molecule has 0 fully saturated rings. The van der Waals surface area contributed by atoms with E-state index in [9.17, 15) is 18.3 Å². The fourth-order valence-corrected chi connectivity index (χ4v) is 6.57. The molecule has 8 nitrogen and oxygen atoms in total. The van der Waals surface area contributed by atoms with Crippen molar-refractivity contribution in [3.63, 3.8) is 0 Å². The second-order valence-corrected chi connectivity index (χ2v) is 13.7. The van der Waals surface area contributed by atoms with E-state index in [2.05, 4.69) is 4.72 Å². The lowest BCUT2D eigenvalue weighted by atomic mass is 9.80. The second kappa shape index (κ2) is 11.8. The topological polar surface area (TPSA) is 128 Å². The summed E-state index contributed by atoms with van der Waals surface area (Å²) < 4.78 is 38.2. The highest BCUT2D eigenvalue weighted by Gasteiger charge is 2.44. The molecule has 0 saturated carbocycles. The van der Waals surface area contributed by atoms with Gasteiger partial charge in [-0.25, -0.2) is 4.79 Å².